The van der Waals surface area contributed by atoms with Gasteiger partial charge in [0.15, 0.2) is 5.78 Å². The number of carbonyl (C=O) groups excluding carboxylic acids is 1. The number of aliphatic carboxylic acids is 1. The molecule has 1 spiro atoms. The molecule has 1 saturated heterocycles. The van der Waals surface area contributed by atoms with Gasteiger partial charge in [-0.3, -0.25) is 9.59 Å². The molecule has 1 unspecified atom stereocenters. The van der Waals surface area contributed by atoms with Gasteiger partial charge in [-0.1, -0.05) is 26.8 Å². The average Bonchev–Trinajstić information content (AvgIpc) is 3.44. The molecule has 1 heterocycles. The van der Waals surface area contributed by atoms with Gasteiger partial charge in [0.2, 0.25) is 0 Å². The lowest BCUT2D eigenvalue weighted by atomic mass is 9.45. The zero-order chi connectivity index (χ0) is 24.7. The second kappa shape index (κ2) is 7.81. The van der Waals surface area contributed by atoms with Crippen molar-refractivity contribution in [2.75, 3.05) is 12.5 Å². The number of alkyl halides is 1. The largest absolute Gasteiger partial charge is 0.495 e. The average molecular weight is 493 g/mol. The number of halogens is 1. The summed E-state index contributed by atoms with van der Waals surface area (Å²) in [4.78, 5) is 25.1. The lowest BCUT2D eigenvalue weighted by Gasteiger charge is -2.57. The molecular weight excluding hydrogens is 456 g/mol. The van der Waals surface area contributed by atoms with Gasteiger partial charge in [0.25, 0.3) is 0 Å². The van der Waals surface area contributed by atoms with E-state index in [0.717, 1.165) is 19.3 Å². The van der Waals surface area contributed by atoms with E-state index in [1.165, 1.54) is 5.57 Å². The highest BCUT2D eigenvalue weighted by atomic mass is 35.5. The molecule has 0 aromatic carbocycles. The van der Waals surface area contributed by atoms with E-state index in [1.54, 1.807) is 0 Å². The third kappa shape index (κ3) is 2.82. The van der Waals surface area contributed by atoms with E-state index in [4.69, 9.17) is 21.1 Å². The Balaban J connectivity index is 1.57. The maximum absolute atomic E-state index is 13.5. The summed E-state index contributed by atoms with van der Waals surface area (Å²) in [5.74, 6) is 0.155. The van der Waals surface area contributed by atoms with Crippen LogP contribution in [0.2, 0.25) is 0 Å². The molecule has 2 saturated carbocycles. The Morgan fingerprint density at radius 1 is 1.26 bits per heavy atom. The predicted molar refractivity (Wildman–Crippen MR) is 127 cm³/mol. The van der Waals surface area contributed by atoms with Gasteiger partial charge in [-0.25, -0.2) is 0 Å². The molecule has 1 aliphatic heterocycles. The molecular formula is C27H37ClO6. The number of epoxide rings is 1. The number of ketones is 1. The van der Waals surface area contributed by atoms with E-state index in [1.807, 2.05) is 13.0 Å². The third-order valence-corrected chi connectivity index (χ3v) is 10.9. The SMILES string of the molecule is CCOC1=CC2=CC[C@H]3[C@@H]4C[C@H](C)[C@](CCC(=O)O)(C(=O)CCl)[C@@]4(C)C[C@@H]4O[C@@]43[C@@]2(C)CC1O. The molecule has 188 valence electrons. The summed E-state index contributed by atoms with van der Waals surface area (Å²) in [6, 6.07) is 0. The monoisotopic (exact) mass is 492 g/mol. The molecule has 2 N–H and O–H groups in total. The van der Waals surface area contributed by atoms with Crippen LogP contribution < -0.4 is 0 Å². The van der Waals surface area contributed by atoms with Crippen molar-refractivity contribution >= 4 is 23.4 Å². The van der Waals surface area contributed by atoms with E-state index in [-0.39, 0.29) is 58.4 Å². The number of carboxylic acids is 1. The Labute approximate surface area is 206 Å². The number of carbonyl (C=O) groups is 2. The van der Waals surface area contributed by atoms with Gasteiger partial charge in [0, 0.05) is 17.3 Å². The number of fused-ring (bicyclic) bond motifs is 3. The molecule has 4 aliphatic carbocycles. The number of hydrogen-bond acceptors (Lipinski definition) is 5. The van der Waals surface area contributed by atoms with Crippen molar-refractivity contribution in [1.29, 1.82) is 0 Å². The van der Waals surface area contributed by atoms with Gasteiger partial charge in [-0.2, -0.15) is 0 Å². The Morgan fingerprint density at radius 2 is 2.00 bits per heavy atom. The number of carboxylic acid groups (broad SMARTS) is 1. The van der Waals surface area contributed by atoms with Crippen LogP contribution in [0.25, 0.3) is 0 Å². The first-order valence-electron chi connectivity index (χ1n) is 12.7. The van der Waals surface area contributed by atoms with Crippen molar-refractivity contribution < 1.29 is 29.3 Å². The maximum Gasteiger partial charge on any atom is 0.303 e. The smallest absolute Gasteiger partial charge is 0.303 e. The first-order valence-corrected chi connectivity index (χ1v) is 13.3. The molecule has 6 nitrogen and oxygen atoms in total. The molecule has 34 heavy (non-hydrogen) atoms. The number of rotatable bonds is 7. The van der Waals surface area contributed by atoms with Crippen molar-refractivity contribution in [3.8, 4) is 0 Å². The second-order valence-electron chi connectivity index (χ2n) is 11.7. The van der Waals surface area contributed by atoms with Gasteiger partial charge in [0.1, 0.15) is 17.5 Å². The molecule has 5 rings (SSSR count). The fraction of sp³-hybridized carbons (Fsp3) is 0.778. The quantitative estimate of drug-likeness (QED) is 0.401. The zero-order valence-corrected chi connectivity index (χ0v) is 21.4. The summed E-state index contributed by atoms with van der Waals surface area (Å²) in [5.41, 5.74) is -0.625. The van der Waals surface area contributed by atoms with Crippen LogP contribution in [0.15, 0.2) is 23.5 Å². The third-order valence-electron chi connectivity index (χ3n) is 10.7. The molecule has 9 atom stereocenters. The summed E-state index contributed by atoms with van der Waals surface area (Å²) < 4.78 is 12.4. The normalized spacial score (nSPS) is 48.5. The molecule has 0 bridgehead atoms. The molecule has 5 aliphatic rings. The topological polar surface area (TPSA) is 96.4 Å². The Morgan fingerprint density at radius 3 is 2.65 bits per heavy atom. The summed E-state index contributed by atoms with van der Waals surface area (Å²) in [7, 11) is 0. The number of hydrogen-bond donors (Lipinski definition) is 2. The number of ether oxygens (including phenoxy) is 2. The summed E-state index contributed by atoms with van der Waals surface area (Å²) in [6.45, 7) is 8.97. The molecule has 0 amide bonds. The Bertz CT molecular complexity index is 974. The number of aliphatic hydroxyl groups is 1. The minimum Gasteiger partial charge on any atom is -0.495 e. The summed E-state index contributed by atoms with van der Waals surface area (Å²) in [6.07, 6.45) is 6.91. The van der Waals surface area contributed by atoms with Crippen molar-refractivity contribution in [1.82, 2.24) is 0 Å². The van der Waals surface area contributed by atoms with E-state index >= 15 is 0 Å². The molecule has 0 radical (unpaired) electrons. The van der Waals surface area contributed by atoms with Crippen LogP contribution in [0.1, 0.15) is 66.2 Å². The van der Waals surface area contributed by atoms with E-state index in [2.05, 4.69) is 26.8 Å². The summed E-state index contributed by atoms with van der Waals surface area (Å²) >= 11 is 6.16. The highest BCUT2D eigenvalue weighted by Gasteiger charge is 2.81. The number of aliphatic hydroxyl groups excluding tert-OH is 1. The van der Waals surface area contributed by atoms with Gasteiger partial charge in [0.05, 0.1) is 18.6 Å². The van der Waals surface area contributed by atoms with Crippen LogP contribution >= 0.6 is 11.6 Å². The van der Waals surface area contributed by atoms with Gasteiger partial charge in [-0.15, -0.1) is 11.6 Å². The van der Waals surface area contributed by atoms with Crippen LogP contribution in [0.5, 0.6) is 0 Å². The van der Waals surface area contributed by atoms with Crippen molar-refractivity contribution in [2.45, 2.75) is 84.0 Å². The minimum atomic E-state index is -0.875. The zero-order valence-electron chi connectivity index (χ0n) is 20.6. The van der Waals surface area contributed by atoms with Gasteiger partial charge in [-0.05, 0) is 73.8 Å². The fourth-order valence-electron chi connectivity index (χ4n) is 9.25. The van der Waals surface area contributed by atoms with Crippen LogP contribution in [0.3, 0.4) is 0 Å². The van der Waals surface area contributed by atoms with Crippen LogP contribution in [0, 0.1) is 34.0 Å². The fourth-order valence-corrected chi connectivity index (χ4v) is 9.48. The van der Waals surface area contributed by atoms with Gasteiger partial charge >= 0.3 is 5.97 Å². The van der Waals surface area contributed by atoms with Crippen LogP contribution in [-0.4, -0.2) is 52.3 Å². The maximum atomic E-state index is 13.5. The molecule has 7 heteroatoms. The Hall–Kier alpha value is -1.37. The van der Waals surface area contributed by atoms with E-state index in [0.29, 0.717) is 25.2 Å². The number of Topliss-reactive ketones (excluding diaryl/α,β-unsaturated/α-hetero) is 1. The van der Waals surface area contributed by atoms with Crippen molar-refractivity contribution in [2.24, 2.45) is 34.0 Å². The minimum absolute atomic E-state index is 0.0145. The predicted octanol–water partition coefficient (Wildman–Crippen LogP) is 4.49. The highest BCUT2D eigenvalue weighted by Crippen LogP contribution is 2.78. The lowest BCUT2D eigenvalue weighted by molar-refractivity contribution is -0.145. The first kappa shape index (κ1) is 24.3. The highest BCUT2D eigenvalue weighted by molar-refractivity contribution is 6.28. The summed E-state index contributed by atoms with van der Waals surface area (Å²) in [5, 5.41) is 20.4. The van der Waals surface area contributed by atoms with Crippen LogP contribution in [0.4, 0.5) is 0 Å². The standard InChI is InChI=1S/C27H37ClO6/c1-5-33-20-11-16-6-7-17-18-10-15(2)26(21(30)14-28,9-8-23(31)32)25(18,4)13-22-27(17,34-22)24(16,3)12-19(20)29/h6,11,15,17-19,22,29H,5,7-10,12-14H2,1-4H3,(H,31,32)/t15-,17-,18-,19?,22-,24-,25-,26+,27+/m0/s1. The van der Waals surface area contributed by atoms with Crippen LogP contribution in [-0.2, 0) is 19.1 Å². The van der Waals surface area contributed by atoms with Gasteiger partial charge < -0.3 is 19.7 Å². The van der Waals surface area contributed by atoms with E-state index in [9.17, 15) is 19.8 Å². The number of allylic oxidation sites excluding steroid dienone is 2. The first-order chi connectivity index (χ1) is 16.0. The molecule has 0 aromatic heterocycles. The van der Waals surface area contributed by atoms with Crippen molar-refractivity contribution in [3.05, 3.63) is 23.5 Å². The molecule has 0 aromatic rings. The van der Waals surface area contributed by atoms with Crippen molar-refractivity contribution in [3.63, 3.8) is 0 Å². The molecule has 3 fully saturated rings. The second-order valence-corrected chi connectivity index (χ2v) is 12.0. The lowest BCUT2D eigenvalue weighted by Crippen LogP contribution is -2.60. The Kier molecular flexibility index (Phi) is 5.59. The van der Waals surface area contributed by atoms with E-state index < -0.39 is 17.5 Å².